The molecule has 0 fully saturated rings. The summed E-state index contributed by atoms with van der Waals surface area (Å²) < 4.78 is 3.03. The number of amides is 2. The van der Waals surface area contributed by atoms with E-state index in [-0.39, 0.29) is 21.1 Å². The van der Waals surface area contributed by atoms with E-state index in [1.54, 1.807) is 24.3 Å². The van der Waals surface area contributed by atoms with E-state index < -0.39 is 11.8 Å². The predicted molar refractivity (Wildman–Crippen MR) is 107 cm³/mol. The van der Waals surface area contributed by atoms with Crippen LogP contribution in [-0.2, 0) is 0 Å². The first-order valence-electron chi connectivity index (χ1n) is 8.20. The van der Waals surface area contributed by atoms with Crippen molar-refractivity contribution in [1.82, 2.24) is 11.0 Å². The Morgan fingerprint density at radius 1 is 0.778 bits per heavy atom. The minimum Gasteiger partial charge on any atom is -0.399 e. The van der Waals surface area contributed by atoms with Crippen LogP contribution in [0.25, 0.3) is 0 Å². The van der Waals surface area contributed by atoms with E-state index in [1.165, 1.54) is 44.1 Å². The average molecular weight is 481 g/mol. The van der Waals surface area contributed by atoms with Crippen molar-refractivity contribution in [2.24, 2.45) is 0 Å². The molecule has 2 radical (unpaired) electrons. The van der Waals surface area contributed by atoms with Gasteiger partial charge in [-0.3, -0.25) is 20.0 Å². The van der Waals surface area contributed by atoms with E-state index in [4.69, 9.17) is 21.9 Å². The summed E-state index contributed by atoms with van der Waals surface area (Å²) in [5.41, 5.74) is 15.7. The maximum atomic E-state index is 10.7. The number of hydrogen-bond acceptors (Lipinski definition) is 6. The molecule has 2 amide bonds. The van der Waals surface area contributed by atoms with Gasteiger partial charge in [-0.05, 0) is 48.5 Å². The fourth-order valence-corrected chi connectivity index (χ4v) is 3.08. The van der Waals surface area contributed by atoms with Gasteiger partial charge < -0.3 is 11.5 Å². The third kappa shape index (κ3) is 11.1. The second-order valence-electron chi connectivity index (χ2n) is 5.08. The first-order valence-corrected chi connectivity index (χ1v) is 12.2. The van der Waals surface area contributed by atoms with Crippen molar-refractivity contribution in [2.75, 3.05) is 11.5 Å². The maximum Gasteiger partial charge on any atom is 0.274 e. The Balaban J connectivity index is 0.000000405. The summed E-state index contributed by atoms with van der Waals surface area (Å²) in [7, 11) is 0. The van der Waals surface area contributed by atoms with Crippen LogP contribution in [0.4, 0.5) is 11.4 Å². The molecule has 146 valence electrons. The largest absolute Gasteiger partial charge is 0.399 e. The van der Waals surface area contributed by atoms with Gasteiger partial charge in [-0.1, -0.05) is 0 Å². The molecule has 8 N–H and O–H groups in total. The standard InChI is InChI=1S/2C7H8N2O2.2C2H5.Sn/c2*8-6-3-1-5(2-4-6)7(10)9-11;2*1-2;/h2*1-4,11H,8H2,(H,9,10);2*1H2,2H3;. The van der Waals surface area contributed by atoms with Crippen LogP contribution in [0.5, 0.6) is 0 Å². The van der Waals surface area contributed by atoms with Crippen LogP contribution in [0.15, 0.2) is 48.5 Å². The van der Waals surface area contributed by atoms with E-state index in [9.17, 15) is 9.59 Å². The SMILES string of the molecule is C[CH2][Sn][CH2]C.Nc1ccc(C(=O)NO)cc1.Nc1ccc(C(=O)NO)cc1. The number of hydroxylamine groups is 2. The van der Waals surface area contributed by atoms with Crippen LogP contribution in [-0.4, -0.2) is 43.4 Å². The van der Waals surface area contributed by atoms with Crippen molar-refractivity contribution in [3.05, 3.63) is 59.7 Å². The molecule has 9 heteroatoms. The zero-order valence-corrected chi connectivity index (χ0v) is 18.3. The molecule has 2 rings (SSSR count). The fraction of sp³-hybridized carbons (Fsp3) is 0.222. The van der Waals surface area contributed by atoms with Gasteiger partial charge in [0.25, 0.3) is 11.8 Å². The number of rotatable bonds is 4. The minimum atomic E-state index is -0.537. The van der Waals surface area contributed by atoms with E-state index in [1.807, 2.05) is 0 Å². The number of carbonyl (C=O) groups is 2. The van der Waals surface area contributed by atoms with Crippen LogP contribution < -0.4 is 22.4 Å². The second-order valence-corrected chi connectivity index (χ2v) is 10.5. The molecule has 0 unspecified atom stereocenters. The van der Waals surface area contributed by atoms with E-state index in [0.29, 0.717) is 22.5 Å². The van der Waals surface area contributed by atoms with Crippen LogP contribution in [0.3, 0.4) is 0 Å². The zero-order valence-electron chi connectivity index (χ0n) is 15.4. The fourth-order valence-electron chi connectivity index (χ4n) is 1.65. The number of nitrogen functional groups attached to an aromatic ring is 2. The first-order chi connectivity index (χ1) is 12.9. The summed E-state index contributed by atoms with van der Waals surface area (Å²) in [5, 5.41) is 16.5. The first kappa shape index (κ1) is 24.7. The van der Waals surface area contributed by atoms with Crippen LogP contribution >= 0.6 is 0 Å². The molecule has 2 aromatic rings. The van der Waals surface area contributed by atoms with Gasteiger partial charge >= 0.3 is 43.9 Å². The van der Waals surface area contributed by atoms with Gasteiger partial charge in [0.1, 0.15) is 0 Å². The summed E-state index contributed by atoms with van der Waals surface area (Å²) in [5.74, 6) is -1.07. The smallest absolute Gasteiger partial charge is 0.274 e. The van der Waals surface area contributed by atoms with E-state index in [0.717, 1.165) is 0 Å². The molecule has 0 saturated carbocycles. The number of anilines is 2. The summed E-state index contributed by atoms with van der Waals surface area (Å²) in [6.07, 6.45) is 0. The molecule has 0 saturated heterocycles. The Labute approximate surface area is 169 Å². The zero-order chi connectivity index (χ0) is 20.7. The number of benzene rings is 2. The molecule has 0 aliphatic heterocycles. The Morgan fingerprint density at radius 2 is 1.07 bits per heavy atom. The van der Waals surface area contributed by atoms with Crippen molar-refractivity contribution in [3.63, 3.8) is 0 Å². The molecule has 2 aromatic carbocycles. The van der Waals surface area contributed by atoms with Crippen molar-refractivity contribution in [3.8, 4) is 0 Å². The topological polar surface area (TPSA) is 151 Å². The third-order valence-electron chi connectivity index (χ3n) is 3.05. The Bertz CT molecular complexity index is 619. The Kier molecular flexibility index (Phi) is 13.6. The molecule has 0 spiro atoms. The Hall–Kier alpha value is -2.30. The average Bonchev–Trinajstić information content (AvgIpc) is 2.69. The molecule has 0 bridgehead atoms. The monoisotopic (exact) mass is 482 g/mol. The van der Waals surface area contributed by atoms with Gasteiger partial charge in [-0.15, -0.1) is 0 Å². The van der Waals surface area contributed by atoms with E-state index >= 15 is 0 Å². The third-order valence-corrected chi connectivity index (χ3v) is 5.90. The molecular formula is C18H26N4O4Sn. The quantitative estimate of drug-likeness (QED) is 0.171. The number of nitrogens with one attached hydrogen (secondary N) is 2. The normalized spacial score (nSPS) is 9.04. The number of carbonyl (C=O) groups excluding carboxylic acids is 2. The minimum absolute atomic E-state index is 0.218. The second kappa shape index (κ2) is 14.8. The summed E-state index contributed by atoms with van der Waals surface area (Å²) in [4.78, 5) is 21.4. The van der Waals surface area contributed by atoms with E-state index in [2.05, 4.69) is 13.8 Å². The molecule has 0 aromatic heterocycles. The molecule has 0 aliphatic carbocycles. The Morgan fingerprint density at radius 3 is 1.26 bits per heavy atom. The van der Waals surface area contributed by atoms with Crippen LogP contribution in [0.2, 0.25) is 8.87 Å². The molecule has 0 atom stereocenters. The van der Waals surface area contributed by atoms with Crippen molar-refractivity contribution >= 4 is 44.3 Å². The van der Waals surface area contributed by atoms with Crippen molar-refractivity contribution < 1.29 is 20.0 Å². The van der Waals surface area contributed by atoms with Crippen LogP contribution in [0.1, 0.15) is 34.6 Å². The van der Waals surface area contributed by atoms with Gasteiger partial charge in [0.05, 0.1) is 0 Å². The van der Waals surface area contributed by atoms with Gasteiger partial charge in [0.15, 0.2) is 0 Å². The number of hydrogen-bond donors (Lipinski definition) is 6. The molecule has 8 nitrogen and oxygen atoms in total. The molecular weight excluding hydrogens is 455 g/mol. The maximum absolute atomic E-state index is 10.7. The van der Waals surface area contributed by atoms with Gasteiger partial charge in [0, 0.05) is 22.5 Å². The summed E-state index contributed by atoms with van der Waals surface area (Å²) >= 11 is 0.218. The van der Waals surface area contributed by atoms with Gasteiger partial charge in [-0.25, -0.2) is 11.0 Å². The van der Waals surface area contributed by atoms with Gasteiger partial charge in [0.2, 0.25) is 0 Å². The molecule has 0 heterocycles. The van der Waals surface area contributed by atoms with Crippen molar-refractivity contribution in [2.45, 2.75) is 22.7 Å². The molecule has 27 heavy (non-hydrogen) atoms. The summed E-state index contributed by atoms with van der Waals surface area (Å²) in [6, 6.07) is 12.5. The summed E-state index contributed by atoms with van der Waals surface area (Å²) in [6.45, 7) is 4.57. The number of nitrogens with two attached hydrogens (primary N) is 2. The predicted octanol–water partition coefficient (Wildman–Crippen LogP) is 2.34. The molecule has 0 aliphatic rings. The van der Waals surface area contributed by atoms with Gasteiger partial charge in [-0.2, -0.15) is 0 Å². The van der Waals surface area contributed by atoms with Crippen LogP contribution in [0, 0.1) is 0 Å². The van der Waals surface area contributed by atoms with Crippen molar-refractivity contribution in [1.29, 1.82) is 0 Å².